The molecule has 3 rings (SSSR count). The third-order valence-corrected chi connectivity index (χ3v) is 4.98. The largest absolute Gasteiger partial charge is 0.494 e. The monoisotopic (exact) mass is 255 g/mol. The summed E-state index contributed by atoms with van der Waals surface area (Å²) in [7, 11) is 0. The highest BCUT2D eigenvalue weighted by Gasteiger charge is 2.50. The summed E-state index contributed by atoms with van der Waals surface area (Å²) in [6, 6.07) is 12.6. The molecule has 100 valence electrons. The van der Waals surface area contributed by atoms with E-state index in [0.717, 1.165) is 37.5 Å². The van der Waals surface area contributed by atoms with Crippen molar-refractivity contribution in [3.05, 3.63) is 30.3 Å². The van der Waals surface area contributed by atoms with Crippen molar-refractivity contribution in [3.63, 3.8) is 0 Å². The Balaban J connectivity index is 1.48. The summed E-state index contributed by atoms with van der Waals surface area (Å²) >= 11 is 0. The number of hydrogen-bond acceptors (Lipinski definition) is 2. The second-order valence-electron chi connectivity index (χ2n) is 6.11. The maximum Gasteiger partial charge on any atom is 0.119 e. The van der Waals surface area contributed by atoms with Gasteiger partial charge >= 0.3 is 0 Å². The van der Waals surface area contributed by atoms with Gasteiger partial charge in [0, 0.05) is 0 Å². The highest BCUT2D eigenvalue weighted by atomic mass is 16.5. The normalized spacial score (nSPS) is 32.2. The van der Waals surface area contributed by atoms with Crippen LogP contribution in [0.5, 0.6) is 5.75 Å². The van der Waals surface area contributed by atoms with E-state index >= 15 is 0 Å². The summed E-state index contributed by atoms with van der Waals surface area (Å²) in [6.45, 7) is 0.727. The van der Waals surface area contributed by atoms with Crippen LogP contribution in [-0.2, 0) is 0 Å². The van der Waals surface area contributed by atoms with Crippen molar-refractivity contribution in [3.8, 4) is 11.8 Å². The molecule has 2 aliphatic rings. The molecule has 2 saturated carbocycles. The van der Waals surface area contributed by atoms with E-state index in [1.807, 2.05) is 30.3 Å². The van der Waals surface area contributed by atoms with Crippen molar-refractivity contribution in [2.75, 3.05) is 6.61 Å². The molecule has 19 heavy (non-hydrogen) atoms. The van der Waals surface area contributed by atoms with Gasteiger partial charge in [-0.05, 0) is 56.1 Å². The Morgan fingerprint density at radius 2 is 2.11 bits per heavy atom. The van der Waals surface area contributed by atoms with Gasteiger partial charge in [0.25, 0.3) is 0 Å². The van der Waals surface area contributed by atoms with Crippen molar-refractivity contribution in [1.82, 2.24) is 0 Å². The number of fused-ring (bicyclic) bond motifs is 2. The lowest BCUT2D eigenvalue weighted by atomic mass is 9.71. The number of nitriles is 1. The van der Waals surface area contributed by atoms with Crippen LogP contribution in [0.15, 0.2) is 30.3 Å². The zero-order chi connectivity index (χ0) is 13.1. The van der Waals surface area contributed by atoms with Gasteiger partial charge in [0.1, 0.15) is 5.75 Å². The van der Waals surface area contributed by atoms with Crippen LogP contribution in [0, 0.1) is 28.6 Å². The molecule has 0 N–H and O–H groups in total. The van der Waals surface area contributed by atoms with Gasteiger partial charge in [0.05, 0.1) is 18.1 Å². The lowest BCUT2D eigenvalue weighted by molar-refractivity contribution is 0.198. The van der Waals surface area contributed by atoms with Crippen LogP contribution in [0.1, 0.15) is 38.5 Å². The maximum atomic E-state index is 9.56. The smallest absolute Gasteiger partial charge is 0.119 e. The number of rotatable bonds is 5. The van der Waals surface area contributed by atoms with E-state index in [-0.39, 0.29) is 5.41 Å². The van der Waals surface area contributed by atoms with Crippen LogP contribution < -0.4 is 4.74 Å². The molecular formula is C17H21NO. The summed E-state index contributed by atoms with van der Waals surface area (Å²) < 4.78 is 5.73. The molecule has 2 heteroatoms. The van der Waals surface area contributed by atoms with Gasteiger partial charge in [-0.15, -0.1) is 0 Å². The number of nitrogens with zero attached hydrogens (tertiary/aromatic N) is 1. The summed E-state index contributed by atoms with van der Waals surface area (Å²) in [4.78, 5) is 0. The molecule has 0 aromatic heterocycles. The minimum atomic E-state index is -0.0248. The van der Waals surface area contributed by atoms with Crippen LogP contribution in [0.3, 0.4) is 0 Å². The Hall–Kier alpha value is -1.49. The van der Waals surface area contributed by atoms with Crippen molar-refractivity contribution in [2.24, 2.45) is 17.3 Å². The molecule has 0 amide bonds. The van der Waals surface area contributed by atoms with E-state index in [1.165, 1.54) is 19.3 Å². The molecule has 1 aromatic rings. The fraction of sp³-hybridized carbons (Fsp3) is 0.588. The molecule has 2 nitrogen and oxygen atoms in total. The fourth-order valence-electron chi connectivity index (χ4n) is 4.04. The number of hydrogen-bond donors (Lipinski definition) is 0. The standard InChI is InChI=1S/C17H21NO/c18-13-17(12-14-7-8-15(17)11-14)9-4-10-19-16-5-2-1-3-6-16/h1-3,5-6,14-15H,4,7-12H2. The average molecular weight is 255 g/mol. The molecule has 0 aliphatic heterocycles. The Kier molecular flexibility index (Phi) is 3.46. The summed E-state index contributed by atoms with van der Waals surface area (Å²) in [6.07, 6.45) is 7.07. The van der Waals surface area contributed by atoms with Gasteiger partial charge in [-0.25, -0.2) is 0 Å². The van der Waals surface area contributed by atoms with Gasteiger partial charge in [0.2, 0.25) is 0 Å². The lowest BCUT2D eigenvalue weighted by Gasteiger charge is -2.30. The highest BCUT2D eigenvalue weighted by molar-refractivity contribution is 5.20. The van der Waals surface area contributed by atoms with Crippen LogP contribution in [0.25, 0.3) is 0 Å². The first kappa shape index (κ1) is 12.5. The van der Waals surface area contributed by atoms with Crippen LogP contribution in [-0.4, -0.2) is 6.61 Å². The minimum absolute atomic E-state index is 0.0248. The van der Waals surface area contributed by atoms with Crippen molar-refractivity contribution >= 4 is 0 Å². The molecule has 3 atom stereocenters. The Morgan fingerprint density at radius 3 is 2.74 bits per heavy atom. The molecule has 2 bridgehead atoms. The first-order valence-corrected chi connectivity index (χ1v) is 7.41. The average Bonchev–Trinajstić information content (AvgIpc) is 3.06. The van der Waals surface area contributed by atoms with Gasteiger partial charge in [0.15, 0.2) is 0 Å². The van der Waals surface area contributed by atoms with Crippen molar-refractivity contribution in [1.29, 1.82) is 5.26 Å². The number of para-hydroxylation sites is 1. The molecule has 0 saturated heterocycles. The Bertz CT molecular complexity index is 464. The molecule has 3 unspecified atom stereocenters. The van der Waals surface area contributed by atoms with Crippen LogP contribution >= 0.6 is 0 Å². The molecular weight excluding hydrogens is 234 g/mol. The van der Waals surface area contributed by atoms with E-state index in [2.05, 4.69) is 6.07 Å². The lowest BCUT2D eigenvalue weighted by Crippen LogP contribution is -2.26. The third kappa shape index (κ3) is 2.47. The van der Waals surface area contributed by atoms with E-state index in [4.69, 9.17) is 4.74 Å². The van der Waals surface area contributed by atoms with E-state index < -0.39 is 0 Å². The fourth-order valence-corrected chi connectivity index (χ4v) is 4.04. The molecule has 0 spiro atoms. The minimum Gasteiger partial charge on any atom is -0.494 e. The first-order valence-electron chi connectivity index (χ1n) is 7.41. The second kappa shape index (κ2) is 5.25. The van der Waals surface area contributed by atoms with E-state index in [1.54, 1.807) is 0 Å². The molecule has 2 fully saturated rings. The predicted octanol–water partition coefficient (Wildman–Crippen LogP) is 4.18. The van der Waals surface area contributed by atoms with Crippen molar-refractivity contribution in [2.45, 2.75) is 38.5 Å². The van der Waals surface area contributed by atoms with Crippen molar-refractivity contribution < 1.29 is 4.74 Å². The SMILES string of the molecule is N#CC1(CCCOc2ccccc2)CC2CCC1C2. The summed E-state index contributed by atoms with van der Waals surface area (Å²) in [5.74, 6) is 2.43. The zero-order valence-electron chi connectivity index (χ0n) is 11.3. The topological polar surface area (TPSA) is 33.0 Å². The van der Waals surface area contributed by atoms with Gasteiger partial charge < -0.3 is 4.74 Å². The highest BCUT2D eigenvalue weighted by Crippen LogP contribution is 2.57. The molecule has 1 aromatic carbocycles. The van der Waals surface area contributed by atoms with Crippen LogP contribution in [0.4, 0.5) is 0 Å². The van der Waals surface area contributed by atoms with Gasteiger partial charge in [-0.1, -0.05) is 24.6 Å². The maximum absolute atomic E-state index is 9.56. The van der Waals surface area contributed by atoms with Gasteiger partial charge in [-0.3, -0.25) is 0 Å². The van der Waals surface area contributed by atoms with Gasteiger partial charge in [-0.2, -0.15) is 5.26 Å². The van der Waals surface area contributed by atoms with E-state index in [0.29, 0.717) is 5.92 Å². The Labute approximate surface area is 115 Å². The number of ether oxygens (including phenoxy) is 1. The predicted molar refractivity (Wildman–Crippen MR) is 74.7 cm³/mol. The third-order valence-electron chi connectivity index (χ3n) is 4.98. The Morgan fingerprint density at radius 1 is 1.26 bits per heavy atom. The van der Waals surface area contributed by atoms with E-state index in [9.17, 15) is 5.26 Å². The quantitative estimate of drug-likeness (QED) is 0.740. The summed E-state index contributed by atoms with van der Waals surface area (Å²) in [5.41, 5.74) is -0.0248. The summed E-state index contributed by atoms with van der Waals surface area (Å²) in [5, 5.41) is 9.56. The molecule has 0 radical (unpaired) electrons. The molecule has 0 heterocycles. The van der Waals surface area contributed by atoms with Crippen LogP contribution in [0.2, 0.25) is 0 Å². The first-order chi connectivity index (χ1) is 9.32. The second-order valence-corrected chi connectivity index (χ2v) is 6.11. The number of benzene rings is 1. The molecule has 2 aliphatic carbocycles. The zero-order valence-corrected chi connectivity index (χ0v) is 11.3.